The number of hydrogen-bond donors (Lipinski definition) is 1. The maximum Gasteiger partial charge on any atom is 0.165 e. The normalized spacial score (nSPS) is 22.3. The van der Waals surface area contributed by atoms with E-state index < -0.39 is 0 Å². The van der Waals surface area contributed by atoms with Gasteiger partial charge in [0.05, 0.1) is 19.8 Å². The van der Waals surface area contributed by atoms with Crippen molar-refractivity contribution < 1.29 is 14.2 Å². The number of ether oxygens (including phenoxy) is 3. The molecule has 3 rings (SSSR count). The monoisotopic (exact) mass is 277 g/mol. The summed E-state index contributed by atoms with van der Waals surface area (Å²) >= 11 is 0. The van der Waals surface area contributed by atoms with Gasteiger partial charge in [-0.3, -0.25) is 0 Å². The van der Waals surface area contributed by atoms with Crippen molar-refractivity contribution in [3.63, 3.8) is 0 Å². The first kappa shape index (κ1) is 13.7. The zero-order valence-corrected chi connectivity index (χ0v) is 11.9. The molecule has 1 N–H and O–H groups in total. The number of benzene rings is 1. The Balaban J connectivity index is 1.57. The Hall–Kier alpha value is -1.26. The van der Waals surface area contributed by atoms with E-state index >= 15 is 0 Å². The second-order valence-electron chi connectivity index (χ2n) is 5.51. The van der Waals surface area contributed by atoms with Crippen molar-refractivity contribution in [3.05, 3.63) is 23.8 Å². The predicted molar refractivity (Wildman–Crippen MR) is 77.3 cm³/mol. The number of fused-ring (bicyclic) bond motifs is 1. The van der Waals surface area contributed by atoms with E-state index in [4.69, 9.17) is 14.2 Å². The Morgan fingerprint density at radius 2 is 2.05 bits per heavy atom. The van der Waals surface area contributed by atoms with Gasteiger partial charge in [-0.25, -0.2) is 0 Å². The molecule has 2 aliphatic rings. The third-order valence-electron chi connectivity index (χ3n) is 3.86. The molecule has 1 aromatic carbocycles. The molecule has 0 bridgehead atoms. The molecule has 1 saturated heterocycles. The van der Waals surface area contributed by atoms with E-state index in [1.54, 1.807) is 0 Å². The first-order chi connectivity index (χ1) is 9.93. The molecule has 2 aliphatic heterocycles. The van der Waals surface area contributed by atoms with Crippen LogP contribution in [0.5, 0.6) is 11.5 Å². The van der Waals surface area contributed by atoms with Crippen LogP contribution in [0.25, 0.3) is 0 Å². The second kappa shape index (κ2) is 6.95. The van der Waals surface area contributed by atoms with Crippen molar-refractivity contribution in [3.8, 4) is 11.5 Å². The first-order valence-corrected chi connectivity index (χ1v) is 7.59. The molecule has 0 aliphatic carbocycles. The van der Waals surface area contributed by atoms with Crippen molar-refractivity contribution in [2.75, 3.05) is 33.0 Å². The summed E-state index contributed by atoms with van der Waals surface area (Å²) in [6.45, 7) is 5.12. The maximum atomic E-state index is 5.83. The fourth-order valence-corrected chi connectivity index (χ4v) is 2.77. The van der Waals surface area contributed by atoms with Gasteiger partial charge in [0, 0.05) is 31.7 Å². The molecular formula is C16H23NO3. The molecule has 0 spiro atoms. The largest absolute Gasteiger partial charge is 0.490 e. The smallest absolute Gasteiger partial charge is 0.165 e. The van der Waals surface area contributed by atoms with Crippen LogP contribution >= 0.6 is 0 Å². The lowest BCUT2D eigenvalue weighted by Gasteiger charge is -2.22. The highest BCUT2D eigenvalue weighted by Crippen LogP contribution is 2.33. The summed E-state index contributed by atoms with van der Waals surface area (Å²) in [6.07, 6.45) is 3.39. The molecule has 1 aromatic rings. The lowest BCUT2D eigenvalue weighted by atomic mass is 10.0. The minimum absolute atomic E-state index is 0.642. The van der Waals surface area contributed by atoms with E-state index in [-0.39, 0.29) is 0 Å². The Bertz CT molecular complexity index is 430. The van der Waals surface area contributed by atoms with Crippen LogP contribution in [0.1, 0.15) is 24.8 Å². The summed E-state index contributed by atoms with van der Waals surface area (Å²) in [6, 6.07) is 6.13. The van der Waals surface area contributed by atoms with E-state index in [0.717, 1.165) is 57.4 Å². The number of nitrogens with one attached hydrogen (secondary N) is 1. The fraction of sp³-hybridized carbons (Fsp3) is 0.625. The van der Waals surface area contributed by atoms with E-state index in [0.29, 0.717) is 5.92 Å². The van der Waals surface area contributed by atoms with Gasteiger partial charge in [-0.1, -0.05) is 12.1 Å². The van der Waals surface area contributed by atoms with E-state index in [1.165, 1.54) is 18.4 Å². The summed E-state index contributed by atoms with van der Waals surface area (Å²) in [5.41, 5.74) is 1.18. The van der Waals surface area contributed by atoms with E-state index in [2.05, 4.69) is 11.4 Å². The molecule has 0 radical (unpaired) electrons. The van der Waals surface area contributed by atoms with Gasteiger partial charge in [0.25, 0.3) is 0 Å². The fourth-order valence-electron chi connectivity index (χ4n) is 2.77. The summed E-state index contributed by atoms with van der Waals surface area (Å²) < 4.78 is 17.1. The van der Waals surface area contributed by atoms with Crippen LogP contribution in [0.4, 0.5) is 0 Å². The Labute approximate surface area is 120 Å². The highest BCUT2D eigenvalue weighted by atomic mass is 16.5. The molecule has 110 valence electrons. The third-order valence-corrected chi connectivity index (χ3v) is 3.86. The topological polar surface area (TPSA) is 39.7 Å². The molecular weight excluding hydrogens is 254 g/mol. The zero-order chi connectivity index (χ0) is 13.6. The molecule has 4 heteroatoms. The van der Waals surface area contributed by atoms with Gasteiger partial charge in [-0.2, -0.15) is 0 Å². The lowest BCUT2D eigenvalue weighted by molar-refractivity contribution is 0.0547. The second-order valence-corrected chi connectivity index (χ2v) is 5.51. The van der Waals surface area contributed by atoms with Crippen LogP contribution < -0.4 is 14.8 Å². The van der Waals surface area contributed by atoms with Gasteiger partial charge in [0.2, 0.25) is 0 Å². The summed E-state index contributed by atoms with van der Waals surface area (Å²) in [7, 11) is 0. The molecule has 2 heterocycles. The molecule has 0 amide bonds. The molecule has 0 saturated carbocycles. The molecule has 1 fully saturated rings. The van der Waals surface area contributed by atoms with E-state index in [9.17, 15) is 0 Å². The zero-order valence-electron chi connectivity index (χ0n) is 11.9. The first-order valence-electron chi connectivity index (χ1n) is 7.59. The average molecular weight is 277 g/mol. The van der Waals surface area contributed by atoms with Gasteiger partial charge < -0.3 is 19.5 Å². The van der Waals surface area contributed by atoms with Gasteiger partial charge in [-0.15, -0.1) is 0 Å². The average Bonchev–Trinajstić information content (AvgIpc) is 2.74. The standard InChI is InChI=1S/C16H23NO3/c1-5-14(11-17-10-13-4-2-7-18-12-13)16-15(6-1)19-8-3-9-20-16/h1,5-6,13,17H,2-4,7-12H2. The maximum absolute atomic E-state index is 5.83. The van der Waals surface area contributed by atoms with Gasteiger partial charge in [0.1, 0.15) is 0 Å². The highest BCUT2D eigenvalue weighted by Gasteiger charge is 2.16. The third kappa shape index (κ3) is 3.44. The number of rotatable bonds is 4. The molecule has 1 unspecified atom stereocenters. The SMILES string of the molecule is c1cc(CNCC2CCCOC2)c2c(c1)OCCCO2. The summed E-state index contributed by atoms with van der Waals surface area (Å²) in [5.74, 6) is 2.43. The van der Waals surface area contributed by atoms with Gasteiger partial charge in [-0.05, 0) is 24.8 Å². The minimum atomic E-state index is 0.642. The van der Waals surface area contributed by atoms with Crippen LogP contribution in [-0.4, -0.2) is 33.0 Å². The van der Waals surface area contributed by atoms with Crippen molar-refractivity contribution in [1.82, 2.24) is 5.32 Å². The van der Waals surface area contributed by atoms with Crippen molar-refractivity contribution >= 4 is 0 Å². The highest BCUT2D eigenvalue weighted by molar-refractivity contribution is 5.47. The Morgan fingerprint density at radius 3 is 2.95 bits per heavy atom. The quantitative estimate of drug-likeness (QED) is 0.917. The lowest BCUT2D eigenvalue weighted by Crippen LogP contribution is -2.29. The summed E-state index contributed by atoms with van der Waals surface area (Å²) in [5, 5.41) is 3.53. The van der Waals surface area contributed by atoms with Crippen LogP contribution in [0.3, 0.4) is 0 Å². The molecule has 4 nitrogen and oxygen atoms in total. The molecule has 1 atom stereocenters. The Morgan fingerprint density at radius 1 is 1.10 bits per heavy atom. The van der Waals surface area contributed by atoms with Crippen molar-refractivity contribution in [1.29, 1.82) is 0 Å². The van der Waals surface area contributed by atoms with E-state index in [1.807, 2.05) is 12.1 Å². The number of para-hydroxylation sites is 1. The van der Waals surface area contributed by atoms with Gasteiger partial charge in [0.15, 0.2) is 11.5 Å². The number of hydrogen-bond acceptors (Lipinski definition) is 4. The van der Waals surface area contributed by atoms with Crippen molar-refractivity contribution in [2.24, 2.45) is 5.92 Å². The Kier molecular flexibility index (Phi) is 4.77. The molecule has 0 aromatic heterocycles. The van der Waals surface area contributed by atoms with Crippen LogP contribution in [-0.2, 0) is 11.3 Å². The summed E-state index contributed by atoms with van der Waals surface area (Å²) in [4.78, 5) is 0. The van der Waals surface area contributed by atoms with Crippen LogP contribution in [0.2, 0.25) is 0 Å². The van der Waals surface area contributed by atoms with Crippen LogP contribution in [0.15, 0.2) is 18.2 Å². The van der Waals surface area contributed by atoms with Crippen molar-refractivity contribution in [2.45, 2.75) is 25.8 Å². The predicted octanol–water partition coefficient (Wildman–Crippen LogP) is 2.36. The minimum Gasteiger partial charge on any atom is -0.490 e. The van der Waals surface area contributed by atoms with Crippen LogP contribution in [0, 0.1) is 5.92 Å². The molecule has 20 heavy (non-hydrogen) atoms. The van der Waals surface area contributed by atoms with Gasteiger partial charge >= 0.3 is 0 Å².